The van der Waals surface area contributed by atoms with Gasteiger partial charge in [-0.15, -0.1) is 0 Å². The average molecular weight is 481 g/mol. The zero-order chi connectivity index (χ0) is 24.9. The summed E-state index contributed by atoms with van der Waals surface area (Å²) in [4.78, 5) is 32.8. The number of aromatic nitrogens is 2. The van der Waals surface area contributed by atoms with Crippen LogP contribution in [0.15, 0.2) is 89.5 Å². The van der Waals surface area contributed by atoms with E-state index in [4.69, 9.17) is 4.52 Å². The molecular weight excluding hydrogens is 452 g/mol. The van der Waals surface area contributed by atoms with Crippen LogP contribution in [0.3, 0.4) is 0 Å². The van der Waals surface area contributed by atoms with Crippen LogP contribution < -0.4 is 5.32 Å². The van der Waals surface area contributed by atoms with Gasteiger partial charge in [0.1, 0.15) is 6.04 Å². The number of hydrogen-bond acceptors (Lipinski definition) is 5. The van der Waals surface area contributed by atoms with Gasteiger partial charge in [-0.3, -0.25) is 9.59 Å². The first-order chi connectivity index (χ1) is 17.6. The fraction of sp³-hybridized carbons (Fsp3) is 0.241. The summed E-state index contributed by atoms with van der Waals surface area (Å²) in [5.74, 6) is 0.0702. The van der Waals surface area contributed by atoms with E-state index in [9.17, 15) is 9.59 Å². The summed E-state index contributed by atoms with van der Waals surface area (Å²) in [6.07, 6.45) is 1.58. The molecule has 1 fully saturated rings. The van der Waals surface area contributed by atoms with E-state index in [0.717, 1.165) is 35.1 Å². The number of rotatable bonds is 7. The van der Waals surface area contributed by atoms with Crippen LogP contribution in [-0.4, -0.2) is 39.9 Å². The number of likely N-dealkylation sites (tertiary alicyclic amines) is 1. The van der Waals surface area contributed by atoms with Gasteiger partial charge >= 0.3 is 0 Å². The Bertz CT molecular complexity index is 1300. The van der Waals surface area contributed by atoms with E-state index < -0.39 is 5.92 Å². The van der Waals surface area contributed by atoms with Crippen molar-refractivity contribution in [2.75, 3.05) is 13.1 Å². The molecule has 1 aromatic heterocycles. The third-order valence-corrected chi connectivity index (χ3v) is 6.63. The molecule has 1 saturated heterocycles. The lowest BCUT2D eigenvalue weighted by molar-refractivity contribution is -0.134. The fourth-order valence-electron chi connectivity index (χ4n) is 4.78. The van der Waals surface area contributed by atoms with E-state index in [2.05, 4.69) is 15.5 Å². The molecule has 1 aliphatic heterocycles. The number of aryl methyl sites for hydroxylation is 1. The number of carbonyl (C=O) groups excluding carboxylic acids is 2. The molecule has 0 aliphatic carbocycles. The number of nitrogens with zero attached hydrogens (tertiary/aromatic N) is 3. The third-order valence-electron chi connectivity index (χ3n) is 6.63. The van der Waals surface area contributed by atoms with Crippen LogP contribution in [0.5, 0.6) is 0 Å². The van der Waals surface area contributed by atoms with Crippen molar-refractivity contribution in [2.45, 2.75) is 31.7 Å². The van der Waals surface area contributed by atoms with Gasteiger partial charge in [0.05, 0.1) is 12.5 Å². The van der Waals surface area contributed by atoms with E-state index in [1.807, 2.05) is 91.9 Å². The van der Waals surface area contributed by atoms with Crippen LogP contribution in [0.25, 0.3) is 11.4 Å². The van der Waals surface area contributed by atoms with Gasteiger partial charge in [0.25, 0.3) is 0 Å². The molecule has 4 aromatic rings. The quantitative estimate of drug-likeness (QED) is 0.416. The SMILES string of the molecule is Cc1ccccc1-c1noc([C@H]2CCCN2C(=O)CNC(=O)C(c2ccccc2)c2ccccc2)n1. The average Bonchev–Trinajstić information content (AvgIpc) is 3.59. The predicted molar refractivity (Wildman–Crippen MR) is 136 cm³/mol. The molecule has 36 heavy (non-hydrogen) atoms. The first-order valence-corrected chi connectivity index (χ1v) is 12.2. The van der Waals surface area contributed by atoms with Crippen molar-refractivity contribution in [2.24, 2.45) is 0 Å². The molecule has 1 atom stereocenters. The Kier molecular flexibility index (Phi) is 6.89. The Hall–Kier alpha value is -4.26. The standard InChI is InChI=1S/C29H28N4O3/c1-20-11-8-9-16-23(20)27-31-29(36-32-27)24-17-10-18-33(24)25(34)19-30-28(35)26(21-12-4-2-5-13-21)22-14-6-3-7-15-22/h2-9,11-16,24,26H,10,17-19H2,1H3,(H,30,35)/t24-/m1/s1. The summed E-state index contributed by atoms with van der Waals surface area (Å²) >= 11 is 0. The highest BCUT2D eigenvalue weighted by Crippen LogP contribution is 2.32. The molecule has 0 unspecified atom stereocenters. The van der Waals surface area contributed by atoms with Crippen molar-refractivity contribution in [1.82, 2.24) is 20.4 Å². The summed E-state index contributed by atoms with van der Waals surface area (Å²) in [6, 6.07) is 26.7. The van der Waals surface area contributed by atoms with Crippen LogP contribution in [0, 0.1) is 6.92 Å². The van der Waals surface area contributed by atoms with Gasteiger partial charge in [-0.2, -0.15) is 4.98 Å². The monoisotopic (exact) mass is 480 g/mol. The minimum absolute atomic E-state index is 0.0930. The Morgan fingerprint density at radius 2 is 1.61 bits per heavy atom. The van der Waals surface area contributed by atoms with Crippen molar-refractivity contribution < 1.29 is 14.1 Å². The Balaban J connectivity index is 1.28. The Morgan fingerprint density at radius 3 is 2.28 bits per heavy atom. The molecule has 5 rings (SSSR count). The lowest BCUT2D eigenvalue weighted by atomic mass is 9.90. The van der Waals surface area contributed by atoms with Gasteiger partial charge in [-0.1, -0.05) is 90.1 Å². The largest absolute Gasteiger partial charge is 0.346 e. The molecule has 0 radical (unpaired) electrons. The van der Waals surface area contributed by atoms with Crippen molar-refractivity contribution >= 4 is 11.8 Å². The number of benzene rings is 3. The first kappa shape index (κ1) is 23.5. The molecule has 182 valence electrons. The topological polar surface area (TPSA) is 88.3 Å². The van der Waals surface area contributed by atoms with Crippen molar-refractivity contribution in [3.05, 3.63) is 108 Å². The van der Waals surface area contributed by atoms with E-state index in [-0.39, 0.29) is 24.4 Å². The van der Waals surface area contributed by atoms with Gasteiger partial charge in [0, 0.05) is 12.1 Å². The summed E-state index contributed by atoms with van der Waals surface area (Å²) in [7, 11) is 0. The molecule has 1 aliphatic rings. The molecule has 3 aromatic carbocycles. The summed E-state index contributed by atoms with van der Waals surface area (Å²) < 4.78 is 5.58. The van der Waals surface area contributed by atoms with Gasteiger partial charge in [0.15, 0.2) is 0 Å². The van der Waals surface area contributed by atoms with Crippen LogP contribution in [0.2, 0.25) is 0 Å². The lowest BCUT2D eigenvalue weighted by Crippen LogP contribution is -2.41. The van der Waals surface area contributed by atoms with Crippen LogP contribution in [-0.2, 0) is 9.59 Å². The molecule has 0 spiro atoms. The highest BCUT2D eigenvalue weighted by molar-refractivity contribution is 5.91. The molecule has 7 heteroatoms. The maximum atomic E-state index is 13.3. The van der Waals surface area contributed by atoms with Crippen molar-refractivity contribution in [1.29, 1.82) is 0 Å². The van der Waals surface area contributed by atoms with Gasteiger partial charge in [0.2, 0.25) is 23.5 Å². The van der Waals surface area contributed by atoms with Crippen molar-refractivity contribution in [3.8, 4) is 11.4 Å². The molecule has 1 N–H and O–H groups in total. The van der Waals surface area contributed by atoms with E-state index in [1.54, 1.807) is 4.90 Å². The summed E-state index contributed by atoms with van der Waals surface area (Å²) in [5, 5.41) is 7.03. The lowest BCUT2D eigenvalue weighted by Gasteiger charge is -2.23. The maximum Gasteiger partial charge on any atom is 0.249 e. The van der Waals surface area contributed by atoms with Crippen LogP contribution >= 0.6 is 0 Å². The molecule has 7 nitrogen and oxygen atoms in total. The molecule has 2 heterocycles. The van der Waals surface area contributed by atoms with E-state index in [1.165, 1.54) is 0 Å². The molecule has 0 saturated carbocycles. The summed E-state index contributed by atoms with van der Waals surface area (Å²) in [6.45, 7) is 2.49. The van der Waals surface area contributed by atoms with Gasteiger partial charge < -0.3 is 14.7 Å². The van der Waals surface area contributed by atoms with Crippen LogP contribution in [0.1, 0.15) is 47.4 Å². The highest BCUT2D eigenvalue weighted by Gasteiger charge is 2.34. The first-order valence-electron chi connectivity index (χ1n) is 12.2. The smallest absolute Gasteiger partial charge is 0.249 e. The maximum absolute atomic E-state index is 13.3. The van der Waals surface area contributed by atoms with Crippen molar-refractivity contribution in [3.63, 3.8) is 0 Å². The second kappa shape index (κ2) is 10.6. The Morgan fingerprint density at radius 1 is 0.972 bits per heavy atom. The Labute approximate surface area is 210 Å². The molecule has 0 bridgehead atoms. The van der Waals surface area contributed by atoms with Gasteiger partial charge in [-0.25, -0.2) is 0 Å². The normalized spacial score (nSPS) is 15.3. The highest BCUT2D eigenvalue weighted by atomic mass is 16.5. The van der Waals surface area contributed by atoms with Gasteiger partial charge in [-0.05, 0) is 36.5 Å². The minimum Gasteiger partial charge on any atom is -0.346 e. The number of amides is 2. The number of hydrogen-bond donors (Lipinski definition) is 1. The minimum atomic E-state index is -0.498. The summed E-state index contributed by atoms with van der Waals surface area (Å²) in [5.41, 5.74) is 3.71. The van der Waals surface area contributed by atoms with E-state index in [0.29, 0.717) is 18.3 Å². The molecular formula is C29H28N4O3. The van der Waals surface area contributed by atoms with Crippen LogP contribution in [0.4, 0.5) is 0 Å². The fourth-order valence-corrected chi connectivity index (χ4v) is 4.78. The van der Waals surface area contributed by atoms with E-state index >= 15 is 0 Å². The molecule has 2 amide bonds. The predicted octanol–water partition coefficient (Wildman–Crippen LogP) is 4.66. The number of nitrogens with one attached hydrogen (secondary N) is 1. The number of carbonyl (C=O) groups is 2. The zero-order valence-corrected chi connectivity index (χ0v) is 20.1. The third kappa shape index (κ3) is 4.91. The second-order valence-corrected chi connectivity index (χ2v) is 8.99. The zero-order valence-electron chi connectivity index (χ0n) is 20.1. The second-order valence-electron chi connectivity index (χ2n) is 8.99.